The van der Waals surface area contributed by atoms with Crippen molar-refractivity contribution in [3.8, 4) is 0 Å². The van der Waals surface area contributed by atoms with Crippen molar-refractivity contribution in [3.63, 3.8) is 0 Å². The molecule has 3 rings (SSSR count). The van der Waals surface area contributed by atoms with E-state index in [2.05, 4.69) is 0 Å². The molecule has 0 heterocycles. The van der Waals surface area contributed by atoms with Crippen LogP contribution in [0.25, 0.3) is 0 Å². The van der Waals surface area contributed by atoms with Gasteiger partial charge in [-0.25, -0.2) is 0 Å². The van der Waals surface area contributed by atoms with Crippen LogP contribution in [0.15, 0.2) is 95.8 Å². The van der Waals surface area contributed by atoms with Gasteiger partial charge in [-0.3, -0.25) is 19.2 Å². The zero-order chi connectivity index (χ0) is 31.4. The molecule has 0 aliphatic carbocycles. The number of benzene rings is 3. The number of nitrogens with zero attached hydrogens (tertiary/aromatic N) is 1. The highest BCUT2D eigenvalue weighted by Gasteiger charge is 2.48. The van der Waals surface area contributed by atoms with Crippen LogP contribution in [-0.4, -0.2) is 66.2 Å². The minimum absolute atomic E-state index is 0.579. The Bertz CT molecular complexity index is 1300. The molecule has 0 unspecified atom stereocenters. The summed E-state index contributed by atoms with van der Waals surface area (Å²) in [6.45, 7) is 3.95. The smallest absolute Gasteiger partial charge is 0.303 e. The molecule has 226 valence electrons. The van der Waals surface area contributed by atoms with Crippen molar-refractivity contribution in [1.82, 2.24) is 0 Å². The summed E-state index contributed by atoms with van der Waals surface area (Å²) in [6.07, 6.45) is -4.85. The minimum Gasteiger partial charge on any atom is -0.463 e. The number of carbonyl (C=O) groups excluding carboxylic acids is 4. The standard InChI is InChI=1S/C32H35NO9P/c1-22(34)39-21-29(38)31(41-24(3)36)32(42-25(4)37)30(40-23(2)35)20-33-43(26-14-8-5-9-15-26,27-16-10-6-11-17-27)28-18-12-7-13-19-28/h5-20,29-32,38H,21H2,1-4H3/q+1/b33-20-/t29-,30+,31-,32-/m1/s1. The summed E-state index contributed by atoms with van der Waals surface area (Å²) in [7, 11) is -2.83. The average molecular weight is 609 g/mol. The van der Waals surface area contributed by atoms with Crippen LogP contribution in [0.2, 0.25) is 0 Å². The molecule has 43 heavy (non-hydrogen) atoms. The first-order valence-corrected chi connectivity index (χ1v) is 15.2. The molecule has 3 aromatic carbocycles. The summed E-state index contributed by atoms with van der Waals surface area (Å²) >= 11 is 0. The second kappa shape index (κ2) is 15.7. The molecule has 0 aromatic heterocycles. The Kier molecular flexibility index (Phi) is 12.1. The van der Waals surface area contributed by atoms with E-state index in [0.717, 1.165) is 43.6 Å². The number of hydrogen-bond acceptors (Lipinski definition) is 10. The predicted molar refractivity (Wildman–Crippen MR) is 163 cm³/mol. The number of hydrogen-bond donors (Lipinski definition) is 1. The fourth-order valence-electron chi connectivity index (χ4n) is 4.48. The number of carbonyl (C=O) groups is 4. The summed E-state index contributed by atoms with van der Waals surface area (Å²) in [5.41, 5.74) is 0. The number of ether oxygens (including phenoxy) is 4. The van der Waals surface area contributed by atoms with Crippen LogP contribution >= 0.6 is 7.41 Å². The van der Waals surface area contributed by atoms with Gasteiger partial charge in [0.2, 0.25) is 7.41 Å². The van der Waals surface area contributed by atoms with Gasteiger partial charge in [0.05, 0.1) is 6.21 Å². The zero-order valence-electron chi connectivity index (χ0n) is 24.4. The number of rotatable bonds is 13. The molecular formula is C32H35NO9P+. The Balaban J connectivity index is 2.26. The van der Waals surface area contributed by atoms with E-state index in [1.165, 1.54) is 6.21 Å². The number of aliphatic hydroxyl groups excluding tert-OH is 1. The summed E-state index contributed by atoms with van der Waals surface area (Å²) in [5, 5.41) is 13.6. The van der Waals surface area contributed by atoms with Crippen LogP contribution in [0.4, 0.5) is 0 Å². The summed E-state index contributed by atoms with van der Waals surface area (Å²) in [5.74, 6) is -3.05. The predicted octanol–water partition coefficient (Wildman–Crippen LogP) is 2.69. The molecule has 0 aliphatic rings. The van der Waals surface area contributed by atoms with Gasteiger partial charge in [0.25, 0.3) is 0 Å². The lowest BCUT2D eigenvalue weighted by Crippen LogP contribution is -2.52. The van der Waals surface area contributed by atoms with Crippen molar-refractivity contribution in [2.75, 3.05) is 6.61 Å². The highest BCUT2D eigenvalue weighted by Crippen LogP contribution is 2.56. The van der Waals surface area contributed by atoms with Crippen molar-refractivity contribution >= 4 is 53.4 Å². The Morgan fingerprint density at radius 3 is 1.42 bits per heavy atom. The molecule has 0 saturated heterocycles. The van der Waals surface area contributed by atoms with E-state index >= 15 is 0 Å². The normalized spacial score (nSPS) is 14.2. The van der Waals surface area contributed by atoms with E-state index in [-0.39, 0.29) is 0 Å². The van der Waals surface area contributed by atoms with Gasteiger partial charge in [-0.2, -0.15) is 0 Å². The maximum absolute atomic E-state index is 12.4. The van der Waals surface area contributed by atoms with E-state index in [1.54, 1.807) is 0 Å². The van der Waals surface area contributed by atoms with Crippen LogP contribution in [0.1, 0.15) is 27.7 Å². The SMILES string of the molecule is CC(=O)OC[C@@H](O)[C@@H](OC(C)=O)[C@H](OC(C)=O)[C@H](/C=N\[P+](c1ccccc1)(c1ccccc1)c1ccccc1)OC(C)=O. The molecule has 0 saturated carbocycles. The Labute approximate surface area is 251 Å². The van der Waals surface area contributed by atoms with Gasteiger partial charge in [0.1, 0.15) is 28.6 Å². The monoisotopic (exact) mass is 608 g/mol. The van der Waals surface area contributed by atoms with Crippen molar-refractivity contribution < 1.29 is 43.2 Å². The largest absolute Gasteiger partial charge is 0.463 e. The van der Waals surface area contributed by atoms with Crippen LogP contribution in [0.3, 0.4) is 0 Å². The quantitative estimate of drug-likeness (QED) is 0.134. The molecule has 0 radical (unpaired) electrons. The van der Waals surface area contributed by atoms with Gasteiger partial charge in [-0.1, -0.05) is 54.6 Å². The van der Waals surface area contributed by atoms with Gasteiger partial charge in [0, 0.05) is 27.7 Å². The summed E-state index contributed by atoms with van der Waals surface area (Å²) in [6, 6.07) is 28.8. The molecule has 3 aromatic rings. The molecule has 0 aliphatic heterocycles. The fraction of sp³-hybridized carbons (Fsp3) is 0.281. The lowest BCUT2D eigenvalue weighted by atomic mass is 10.0. The molecule has 0 bridgehead atoms. The maximum atomic E-state index is 12.4. The first-order chi connectivity index (χ1) is 20.5. The maximum Gasteiger partial charge on any atom is 0.303 e. The molecule has 10 nitrogen and oxygen atoms in total. The highest BCUT2D eigenvalue weighted by molar-refractivity contribution is 7.94. The van der Waals surface area contributed by atoms with E-state index < -0.39 is 62.3 Å². The Morgan fingerprint density at radius 1 is 0.651 bits per heavy atom. The molecule has 0 spiro atoms. The van der Waals surface area contributed by atoms with Gasteiger partial charge in [-0.05, 0) is 36.4 Å². The lowest BCUT2D eigenvalue weighted by Gasteiger charge is -2.32. The van der Waals surface area contributed by atoms with Crippen molar-refractivity contribution in [2.24, 2.45) is 4.76 Å². The third-order valence-electron chi connectivity index (χ3n) is 6.17. The minimum atomic E-state index is -2.83. The van der Waals surface area contributed by atoms with E-state index in [4.69, 9.17) is 23.7 Å². The topological polar surface area (TPSA) is 138 Å². The first-order valence-electron chi connectivity index (χ1n) is 13.5. The van der Waals surface area contributed by atoms with E-state index in [0.29, 0.717) is 0 Å². The van der Waals surface area contributed by atoms with E-state index in [1.807, 2.05) is 91.0 Å². The average Bonchev–Trinajstić information content (AvgIpc) is 2.98. The van der Waals surface area contributed by atoms with Gasteiger partial charge < -0.3 is 24.1 Å². The van der Waals surface area contributed by atoms with Gasteiger partial charge in [0.15, 0.2) is 18.3 Å². The Morgan fingerprint density at radius 2 is 1.05 bits per heavy atom. The third kappa shape index (κ3) is 9.04. The van der Waals surface area contributed by atoms with E-state index in [9.17, 15) is 24.3 Å². The molecule has 0 amide bonds. The van der Waals surface area contributed by atoms with Crippen molar-refractivity contribution in [3.05, 3.63) is 91.0 Å². The Hall–Kier alpha value is -4.40. The number of esters is 4. The summed E-state index contributed by atoms with van der Waals surface area (Å²) < 4.78 is 26.5. The molecule has 0 fully saturated rings. The van der Waals surface area contributed by atoms with Crippen molar-refractivity contribution in [2.45, 2.75) is 52.1 Å². The second-order valence-corrected chi connectivity index (χ2v) is 12.5. The molecule has 4 atom stereocenters. The van der Waals surface area contributed by atoms with Gasteiger partial charge >= 0.3 is 23.9 Å². The summed E-state index contributed by atoms with van der Waals surface area (Å²) in [4.78, 5) is 48.1. The first kappa shape index (κ1) is 33.1. The highest BCUT2D eigenvalue weighted by atomic mass is 31.2. The van der Waals surface area contributed by atoms with Crippen molar-refractivity contribution in [1.29, 1.82) is 0 Å². The second-order valence-electron chi connectivity index (χ2n) is 9.50. The molecule has 11 heteroatoms. The van der Waals surface area contributed by atoms with Crippen LogP contribution in [0.5, 0.6) is 0 Å². The van der Waals surface area contributed by atoms with Gasteiger partial charge in [-0.15, -0.1) is 4.76 Å². The lowest BCUT2D eigenvalue weighted by molar-refractivity contribution is -0.190. The number of aliphatic hydroxyl groups is 1. The third-order valence-corrected chi connectivity index (χ3v) is 9.78. The van der Waals surface area contributed by atoms with Crippen LogP contribution in [-0.2, 0) is 38.1 Å². The fourth-order valence-corrected chi connectivity index (χ4v) is 7.92. The van der Waals surface area contributed by atoms with Crippen LogP contribution in [0, 0.1) is 0 Å². The molecular weight excluding hydrogens is 573 g/mol. The van der Waals surface area contributed by atoms with Crippen LogP contribution < -0.4 is 15.9 Å². The molecule has 1 N–H and O–H groups in total. The zero-order valence-corrected chi connectivity index (χ0v) is 25.3.